The van der Waals surface area contributed by atoms with Crippen molar-refractivity contribution in [3.63, 3.8) is 0 Å². The lowest BCUT2D eigenvalue weighted by Crippen LogP contribution is -2.39. The van der Waals surface area contributed by atoms with Crippen molar-refractivity contribution in [1.29, 1.82) is 0 Å². The second-order valence-corrected chi connectivity index (χ2v) is 8.68. The molecule has 1 aromatic carbocycles. The van der Waals surface area contributed by atoms with Crippen LogP contribution in [0, 0.1) is 5.92 Å². The summed E-state index contributed by atoms with van der Waals surface area (Å²) in [6.07, 6.45) is 3.82. The van der Waals surface area contributed by atoms with Crippen molar-refractivity contribution >= 4 is 5.96 Å². The minimum atomic E-state index is 0.704. The largest absolute Gasteiger partial charge is 0.492 e. The molecule has 2 fully saturated rings. The number of hydrogen-bond acceptors (Lipinski definition) is 5. The van der Waals surface area contributed by atoms with Gasteiger partial charge in [-0.15, -0.1) is 0 Å². The van der Waals surface area contributed by atoms with E-state index in [2.05, 4.69) is 50.5 Å². The number of likely N-dealkylation sites (tertiary alicyclic amines) is 1. The Kier molecular flexibility index (Phi) is 10.4. The zero-order chi connectivity index (χ0) is 21.7. The molecule has 0 unspecified atom stereocenters. The first-order chi connectivity index (χ1) is 15.2. The molecule has 2 aliphatic heterocycles. The fourth-order valence-electron chi connectivity index (χ4n) is 4.06. The van der Waals surface area contributed by atoms with E-state index in [9.17, 15) is 0 Å². The van der Waals surface area contributed by atoms with Crippen LogP contribution in [0.25, 0.3) is 0 Å². The molecular formula is C24H41N5O2. The topological polar surface area (TPSA) is 61.4 Å². The maximum absolute atomic E-state index is 5.97. The van der Waals surface area contributed by atoms with Gasteiger partial charge in [-0.25, -0.2) is 0 Å². The fourth-order valence-corrected chi connectivity index (χ4v) is 4.06. The van der Waals surface area contributed by atoms with Gasteiger partial charge < -0.3 is 25.0 Å². The third kappa shape index (κ3) is 9.05. The highest BCUT2D eigenvalue weighted by atomic mass is 16.5. The first-order valence-corrected chi connectivity index (χ1v) is 11.9. The van der Waals surface area contributed by atoms with Crippen LogP contribution in [0.2, 0.25) is 0 Å². The van der Waals surface area contributed by atoms with Gasteiger partial charge in [-0.3, -0.25) is 9.89 Å². The van der Waals surface area contributed by atoms with Gasteiger partial charge in [-0.1, -0.05) is 19.1 Å². The van der Waals surface area contributed by atoms with Crippen LogP contribution in [-0.2, 0) is 11.3 Å². The Morgan fingerprint density at radius 1 is 1.10 bits per heavy atom. The maximum atomic E-state index is 5.97. The van der Waals surface area contributed by atoms with Gasteiger partial charge in [-0.2, -0.15) is 0 Å². The minimum Gasteiger partial charge on any atom is -0.492 e. The van der Waals surface area contributed by atoms with Gasteiger partial charge in [-0.05, 0) is 62.5 Å². The molecular weight excluding hydrogens is 390 g/mol. The summed E-state index contributed by atoms with van der Waals surface area (Å²) in [5, 5.41) is 6.85. The van der Waals surface area contributed by atoms with Crippen molar-refractivity contribution in [3.8, 4) is 5.75 Å². The van der Waals surface area contributed by atoms with Crippen LogP contribution in [0.5, 0.6) is 5.75 Å². The molecule has 7 nitrogen and oxygen atoms in total. The van der Waals surface area contributed by atoms with Crippen molar-refractivity contribution in [1.82, 2.24) is 20.4 Å². The Bertz CT molecular complexity index is 655. The van der Waals surface area contributed by atoms with E-state index in [4.69, 9.17) is 9.47 Å². The average molecular weight is 432 g/mol. The minimum absolute atomic E-state index is 0.704. The Morgan fingerprint density at radius 2 is 1.87 bits per heavy atom. The molecule has 174 valence electrons. The summed E-state index contributed by atoms with van der Waals surface area (Å²) in [5.41, 5.74) is 1.19. The van der Waals surface area contributed by atoms with Crippen LogP contribution in [0.3, 0.4) is 0 Å². The Labute approximate surface area is 188 Å². The molecule has 2 heterocycles. The average Bonchev–Trinajstić information content (AvgIpc) is 2.81. The number of guanidine groups is 1. The zero-order valence-electron chi connectivity index (χ0n) is 19.4. The van der Waals surface area contributed by atoms with Crippen molar-refractivity contribution in [2.45, 2.75) is 32.7 Å². The first-order valence-electron chi connectivity index (χ1n) is 11.9. The number of morpholine rings is 1. The molecule has 0 amide bonds. The first kappa shape index (κ1) is 23.8. The van der Waals surface area contributed by atoms with Crippen molar-refractivity contribution in [3.05, 3.63) is 29.8 Å². The lowest BCUT2D eigenvalue weighted by Gasteiger charge is -2.30. The quantitative estimate of drug-likeness (QED) is 0.336. The molecule has 0 saturated carbocycles. The highest BCUT2D eigenvalue weighted by Crippen LogP contribution is 2.16. The van der Waals surface area contributed by atoms with E-state index in [-0.39, 0.29) is 0 Å². The van der Waals surface area contributed by atoms with E-state index >= 15 is 0 Å². The highest BCUT2D eigenvalue weighted by molar-refractivity contribution is 5.79. The van der Waals surface area contributed by atoms with E-state index in [0.29, 0.717) is 6.61 Å². The summed E-state index contributed by atoms with van der Waals surface area (Å²) in [6.45, 7) is 13.0. The summed E-state index contributed by atoms with van der Waals surface area (Å²) in [6, 6.07) is 8.30. The van der Waals surface area contributed by atoms with Crippen LogP contribution in [-0.4, -0.2) is 88.4 Å². The van der Waals surface area contributed by atoms with Crippen molar-refractivity contribution in [2.24, 2.45) is 10.9 Å². The van der Waals surface area contributed by atoms with E-state index in [0.717, 1.165) is 70.0 Å². The third-order valence-electron chi connectivity index (χ3n) is 6.18. The van der Waals surface area contributed by atoms with E-state index in [1.54, 1.807) is 0 Å². The predicted molar refractivity (Wildman–Crippen MR) is 127 cm³/mol. The van der Waals surface area contributed by atoms with Gasteiger partial charge in [0, 0.05) is 39.8 Å². The fraction of sp³-hybridized carbons (Fsp3) is 0.708. The highest BCUT2D eigenvalue weighted by Gasteiger charge is 2.14. The molecule has 31 heavy (non-hydrogen) atoms. The normalized spacial score (nSPS) is 19.4. The molecule has 0 spiro atoms. The molecule has 2 N–H and O–H groups in total. The molecule has 7 heteroatoms. The van der Waals surface area contributed by atoms with Crippen LogP contribution in [0.4, 0.5) is 0 Å². The van der Waals surface area contributed by atoms with Gasteiger partial charge in [0.1, 0.15) is 12.4 Å². The van der Waals surface area contributed by atoms with Crippen LogP contribution in [0.15, 0.2) is 29.3 Å². The second kappa shape index (κ2) is 13.6. The van der Waals surface area contributed by atoms with E-state index < -0.39 is 0 Å². The van der Waals surface area contributed by atoms with Gasteiger partial charge in [0.2, 0.25) is 0 Å². The molecule has 0 atom stereocenters. The second-order valence-electron chi connectivity index (χ2n) is 8.68. The number of benzene rings is 1. The standard InChI is InChI=1S/C24H41N5O2/c1-21-7-11-28(12-8-21)10-4-9-26-24(25-2)27-20-22-5-3-6-23(19-22)31-18-15-29-13-16-30-17-14-29/h3,5-6,19,21H,4,7-18,20H2,1-2H3,(H2,25,26,27). The number of nitrogens with one attached hydrogen (secondary N) is 2. The van der Waals surface area contributed by atoms with Crippen LogP contribution >= 0.6 is 0 Å². The van der Waals surface area contributed by atoms with Crippen molar-refractivity contribution in [2.75, 3.05) is 72.7 Å². The number of hydrogen-bond donors (Lipinski definition) is 2. The van der Waals surface area contributed by atoms with Gasteiger partial charge >= 0.3 is 0 Å². The lowest BCUT2D eigenvalue weighted by molar-refractivity contribution is 0.0322. The Balaban J connectivity index is 1.31. The Hall–Kier alpha value is -1.83. The number of nitrogens with zero attached hydrogens (tertiary/aromatic N) is 3. The monoisotopic (exact) mass is 431 g/mol. The summed E-state index contributed by atoms with van der Waals surface area (Å²) in [4.78, 5) is 9.33. The third-order valence-corrected chi connectivity index (χ3v) is 6.18. The molecule has 0 aliphatic carbocycles. The molecule has 2 saturated heterocycles. The molecule has 3 rings (SSSR count). The lowest BCUT2D eigenvalue weighted by atomic mass is 9.99. The summed E-state index contributed by atoms with van der Waals surface area (Å²) in [5.74, 6) is 2.67. The van der Waals surface area contributed by atoms with Crippen LogP contribution < -0.4 is 15.4 Å². The molecule has 0 aromatic heterocycles. The smallest absolute Gasteiger partial charge is 0.191 e. The summed E-state index contributed by atoms with van der Waals surface area (Å²) in [7, 11) is 1.83. The Morgan fingerprint density at radius 3 is 2.65 bits per heavy atom. The van der Waals surface area contributed by atoms with Crippen molar-refractivity contribution < 1.29 is 9.47 Å². The molecule has 0 radical (unpaired) electrons. The number of piperidine rings is 1. The van der Waals surface area contributed by atoms with E-state index in [1.807, 2.05) is 13.1 Å². The molecule has 0 bridgehead atoms. The number of rotatable bonds is 10. The van der Waals surface area contributed by atoms with Gasteiger partial charge in [0.25, 0.3) is 0 Å². The summed E-state index contributed by atoms with van der Waals surface area (Å²) >= 11 is 0. The summed E-state index contributed by atoms with van der Waals surface area (Å²) < 4.78 is 11.4. The van der Waals surface area contributed by atoms with E-state index in [1.165, 1.54) is 38.0 Å². The molecule has 1 aromatic rings. The maximum Gasteiger partial charge on any atom is 0.191 e. The zero-order valence-corrected chi connectivity index (χ0v) is 19.4. The van der Waals surface area contributed by atoms with Crippen LogP contribution in [0.1, 0.15) is 31.7 Å². The van der Waals surface area contributed by atoms with Gasteiger partial charge in [0.05, 0.1) is 13.2 Å². The number of aliphatic imine (C=N–C) groups is 1. The molecule has 2 aliphatic rings. The predicted octanol–water partition coefficient (Wildman–Crippen LogP) is 2.18. The number of ether oxygens (including phenoxy) is 2. The SMILES string of the molecule is CN=C(NCCCN1CCC(C)CC1)NCc1cccc(OCCN2CCOCC2)c1. The van der Waals surface area contributed by atoms with Gasteiger partial charge in [0.15, 0.2) is 5.96 Å².